The Balaban J connectivity index is 2.17. The van der Waals surface area contributed by atoms with Gasteiger partial charge >= 0.3 is 0 Å². The predicted molar refractivity (Wildman–Crippen MR) is 84.1 cm³/mol. The Morgan fingerprint density at radius 1 is 1.10 bits per heavy atom. The van der Waals surface area contributed by atoms with E-state index in [0.29, 0.717) is 5.56 Å². The average Bonchev–Trinajstić information content (AvgIpc) is 2.47. The van der Waals surface area contributed by atoms with Gasteiger partial charge < -0.3 is 0 Å². The van der Waals surface area contributed by atoms with E-state index in [1.54, 1.807) is 24.3 Å². The van der Waals surface area contributed by atoms with Gasteiger partial charge in [-0.1, -0.05) is 58.4 Å². The third-order valence-corrected chi connectivity index (χ3v) is 3.77. The zero-order valence-electron chi connectivity index (χ0n) is 11.2. The summed E-state index contributed by atoms with van der Waals surface area (Å²) in [5.74, 6) is -0.490. The Kier molecular flexibility index (Phi) is 5.22. The topological polar surface area (TPSA) is 60.2 Å². The van der Waals surface area contributed by atoms with Crippen molar-refractivity contribution in [3.63, 3.8) is 0 Å². The maximum atomic E-state index is 12.3. The number of ketones is 1. The van der Waals surface area contributed by atoms with Crippen molar-refractivity contribution in [2.75, 3.05) is 6.54 Å². The molecule has 0 N–H and O–H groups in total. The largest absolute Gasteiger partial charge is 0.294 e. The maximum absolute atomic E-state index is 12.3. The number of benzene rings is 2. The van der Waals surface area contributed by atoms with E-state index >= 15 is 0 Å². The Bertz CT molecular complexity index is 626. The molecule has 5 heteroatoms. The SMILES string of the molecule is O=C(CC(C[N+](=O)[O-])c1ccccc1)c1ccc(Br)cc1. The van der Waals surface area contributed by atoms with E-state index in [1.807, 2.05) is 30.3 Å². The van der Waals surface area contributed by atoms with Gasteiger partial charge in [0.25, 0.3) is 0 Å². The highest BCUT2D eigenvalue weighted by atomic mass is 79.9. The number of carbonyl (C=O) groups is 1. The molecule has 1 atom stereocenters. The molecular weight excluding hydrogens is 334 g/mol. The highest BCUT2D eigenvalue weighted by Gasteiger charge is 2.22. The smallest absolute Gasteiger partial charge is 0.211 e. The molecule has 0 amide bonds. The zero-order chi connectivity index (χ0) is 15.2. The minimum absolute atomic E-state index is 0.0850. The van der Waals surface area contributed by atoms with E-state index < -0.39 is 5.92 Å². The molecule has 21 heavy (non-hydrogen) atoms. The Morgan fingerprint density at radius 3 is 2.29 bits per heavy atom. The summed E-state index contributed by atoms with van der Waals surface area (Å²) in [5.41, 5.74) is 1.39. The third kappa shape index (κ3) is 4.49. The summed E-state index contributed by atoms with van der Waals surface area (Å²) >= 11 is 3.31. The zero-order valence-corrected chi connectivity index (χ0v) is 12.8. The molecule has 0 saturated carbocycles. The van der Waals surface area contributed by atoms with Gasteiger partial charge in [0.2, 0.25) is 6.54 Å². The minimum atomic E-state index is -0.405. The lowest BCUT2D eigenvalue weighted by atomic mass is 9.91. The molecule has 0 radical (unpaired) electrons. The normalized spacial score (nSPS) is 11.9. The molecule has 1 unspecified atom stereocenters. The molecule has 108 valence electrons. The molecule has 2 aromatic rings. The summed E-state index contributed by atoms with van der Waals surface area (Å²) in [4.78, 5) is 22.7. The second kappa shape index (κ2) is 7.13. The number of hydrogen-bond donors (Lipinski definition) is 0. The Hall–Kier alpha value is -2.01. The van der Waals surface area contributed by atoms with Crippen molar-refractivity contribution < 1.29 is 9.72 Å². The first-order valence-electron chi connectivity index (χ1n) is 6.52. The van der Waals surface area contributed by atoms with Crippen LogP contribution in [0.3, 0.4) is 0 Å². The number of halogens is 1. The quantitative estimate of drug-likeness (QED) is 0.449. The summed E-state index contributed by atoms with van der Waals surface area (Å²) < 4.78 is 0.893. The lowest BCUT2D eigenvalue weighted by Gasteiger charge is -2.12. The van der Waals surface area contributed by atoms with Gasteiger partial charge in [0.05, 0.1) is 5.92 Å². The van der Waals surface area contributed by atoms with Crippen LogP contribution in [-0.2, 0) is 0 Å². The van der Waals surface area contributed by atoms with Crippen molar-refractivity contribution >= 4 is 21.7 Å². The second-order valence-electron chi connectivity index (χ2n) is 4.76. The van der Waals surface area contributed by atoms with E-state index in [0.717, 1.165) is 10.0 Å². The van der Waals surface area contributed by atoms with Crippen molar-refractivity contribution in [1.29, 1.82) is 0 Å². The molecule has 0 aliphatic heterocycles. The number of rotatable bonds is 6. The van der Waals surface area contributed by atoms with Gasteiger partial charge in [-0.3, -0.25) is 14.9 Å². The van der Waals surface area contributed by atoms with Crippen molar-refractivity contribution in [1.82, 2.24) is 0 Å². The average molecular weight is 348 g/mol. The minimum Gasteiger partial charge on any atom is -0.294 e. The lowest BCUT2D eigenvalue weighted by Crippen LogP contribution is -2.16. The van der Waals surface area contributed by atoms with Crippen LogP contribution in [0.5, 0.6) is 0 Å². The monoisotopic (exact) mass is 347 g/mol. The lowest BCUT2D eigenvalue weighted by molar-refractivity contribution is -0.483. The second-order valence-corrected chi connectivity index (χ2v) is 5.67. The number of hydrogen-bond acceptors (Lipinski definition) is 3. The van der Waals surface area contributed by atoms with Gasteiger partial charge in [0, 0.05) is 21.4 Å². The van der Waals surface area contributed by atoms with Gasteiger partial charge in [-0.15, -0.1) is 0 Å². The molecule has 2 aromatic carbocycles. The summed E-state index contributed by atoms with van der Waals surface area (Å²) in [5, 5.41) is 10.8. The van der Waals surface area contributed by atoms with Gasteiger partial charge in [-0.25, -0.2) is 0 Å². The number of nitrogens with zero attached hydrogens (tertiary/aromatic N) is 1. The van der Waals surface area contributed by atoms with Gasteiger partial charge in [0.15, 0.2) is 5.78 Å². The molecule has 0 heterocycles. The number of Topliss-reactive ketones (excluding diaryl/α,β-unsaturated/α-hetero) is 1. The fourth-order valence-corrected chi connectivity index (χ4v) is 2.43. The molecular formula is C16H14BrNO3. The Morgan fingerprint density at radius 2 is 1.71 bits per heavy atom. The van der Waals surface area contributed by atoms with Crippen LogP contribution in [0.1, 0.15) is 28.3 Å². The Labute approximate surface area is 131 Å². The number of carbonyl (C=O) groups excluding carboxylic acids is 1. The maximum Gasteiger partial charge on any atom is 0.211 e. The van der Waals surface area contributed by atoms with Crippen LogP contribution >= 0.6 is 15.9 Å². The first kappa shape index (κ1) is 15.4. The van der Waals surface area contributed by atoms with Crippen molar-refractivity contribution in [3.8, 4) is 0 Å². The van der Waals surface area contributed by atoms with Crippen LogP contribution < -0.4 is 0 Å². The summed E-state index contributed by atoms with van der Waals surface area (Å²) in [6.45, 7) is -0.244. The molecule has 0 aromatic heterocycles. The van der Waals surface area contributed by atoms with Crippen LogP contribution in [-0.4, -0.2) is 17.3 Å². The third-order valence-electron chi connectivity index (χ3n) is 3.24. The first-order chi connectivity index (χ1) is 10.1. The van der Waals surface area contributed by atoms with E-state index in [-0.39, 0.29) is 23.7 Å². The molecule has 0 aliphatic carbocycles. The van der Waals surface area contributed by atoms with E-state index in [1.165, 1.54) is 0 Å². The standard InChI is InChI=1S/C16H14BrNO3/c17-15-8-6-13(7-9-15)16(19)10-14(11-18(20)21)12-4-2-1-3-5-12/h1-9,14H,10-11H2. The first-order valence-corrected chi connectivity index (χ1v) is 7.31. The van der Waals surface area contributed by atoms with Gasteiger partial charge in [-0.2, -0.15) is 0 Å². The summed E-state index contributed by atoms with van der Waals surface area (Å²) in [6, 6.07) is 16.2. The fourth-order valence-electron chi connectivity index (χ4n) is 2.17. The van der Waals surface area contributed by atoms with Crippen molar-refractivity contribution in [3.05, 3.63) is 80.3 Å². The van der Waals surface area contributed by atoms with Crippen LogP contribution in [0.2, 0.25) is 0 Å². The van der Waals surface area contributed by atoms with Crippen LogP contribution in [0.4, 0.5) is 0 Å². The van der Waals surface area contributed by atoms with E-state index in [4.69, 9.17) is 0 Å². The van der Waals surface area contributed by atoms with E-state index in [9.17, 15) is 14.9 Å². The molecule has 4 nitrogen and oxygen atoms in total. The summed E-state index contributed by atoms with van der Waals surface area (Å²) in [7, 11) is 0. The molecule has 2 rings (SSSR count). The highest BCUT2D eigenvalue weighted by Crippen LogP contribution is 2.22. The molecule has 0 bridgehead atoms. The van der Waals surface area contributed by atoms with Crippen LogP contribution in [0.25, 0.3) is 0 Å². The summed E-state index contributed by atoms with van der Waals surface area (Å²) in [6.07, 6.45) is 0.132. The van der Waals surface area contributed by atoms with Crippen LogP contribution in [0.15, 0.2) is 59.1 Å². The van der Waals surface area contributed by atoms with Crippen molar-refractivity contribution in [2.24, 2.45) is 0 Å². The molecule has 0 spiro atoms. The predicted octanol–water partition coefficient (Wildman–Crippen LogP) is 4.08. The van der Waals surface area contributed by atoms with Crippen LogP contribution in [0, 0.1) is 10.1 Å². The molecule has 0 aliphatic rings. The van der Waals surface area contributed by atoms with Gasteiger partial charge in [0.1, 0.15) is 0 Å². The molecule has 0 saturated heterocycles. The highest BCUT2D eigenvalue weighted by molar-refractivity contribution is 9.10. The number of nitro groups is 1. The molecule has 0 fully saturated rings. The van der Waals surface area contributed by atoms with E-state index in [2.05, 4.69) is 15.9 Å². The van der Waals surface area contributed by atoms with Gasteiger partial charge in [-0.05, 0) is 17.7 Å². The fraction of sp³-hybridized carbons (Fsp3) is 0.188. The van der Waals surface area contributed by atoms with Crippen molar-refractivity contribution in [2.45, 2.75) is 12.3 Å².